The van der Waals surface area contributed by atoms with E-state index in [0.717, 1.165) is 48.4 Å². The van der Waals surface area contributed by atoms with Crippen LogP contribution in [0.1, 0.15) is 5.56 Å². The number of nitrogens with zero attached hydrogens (tertiary/aromatic N) is 2. The maximum absolute atomic E-state index is 12.4. The first-order valence-electron chi connectivity index (χ1n) is 9.79. The molecule has 6 heteroatoms. The molecule has 6 nitrogen and oxygen atoms in total. The third-order valence-electron chi connectivity index (χ3n) is 5.60. The van der Waals surface area contributed by atoms with E-state index in [1.807, 2.05) is 54.6 Å². The van der Waals surface area contributed by atoms with E-state index in [0.29, 0.717) is 0 Å². The number of fused-ring (bicyclic) bond motifs is 4. The number of hydrogen-bond acceptors (Lipinski definition) is 4. The van der Waals surface area contributed by atoms with E-state index >= 15 is 0 Å². The molecule has 0 radical (unpaired) electrons. The van der Waals surface area contributed by atoms with Crippen LogP contribution in [0.4, 0.5) is 4.79 Å². The SMILES string of the molecule is CN1C(=O)C(=CC=Cc2c3oc4ccccc4cc-3c3ccccc23)C(=O)N(C)C1=O. The van der Waals surface area contributed by atoms with Gasteiger partial charge < -0.3 is 4.42 Å². The fourth-order valence-corrected chi connectivity index (χ4v) is 3.95. The summed E-state index contributed by atoms with van der Waals surface area (Å²) in [4.78, 5) is 38.5. The normalized spacial score (nSPS) is 15.3. The fraction of sp³-hybridized carbons (Fsp3) is 0.0800. The molecule has 0 aromatic heterocycles. The second-order valence-electron chi connectivity index (χ2n) is 7.44. The molecule has 0 N–H and O–H groups in total. The van der Waals surface area contributed by atoms with Gasteiger partial charge in [-0.1, -0.05) is 54.6 Å². The predicted octanol–water partition coefficient (Wildman–Crippen LogP) is 4.68. The van der Waals surface area contributed by atoms with Crippen molar-refractivity contribution in [1.82, 2.24) is 9.80 Å². The first kappa shape index (κ1) is 18.8. The average molecular weight is 410 g/mol. The molecule has 1 fully saturated rings. The zero-order valence-electron chi connectivity index (χ0n) is 17.0. The highest BCUT2D eigenvalue weighted by Crippen LogP contribution is 2.42. The van der Waals surface area contributed by atoms with Crippen molar-refractivity contribution in [3.8, 4) is 11.3 Å². The van der Waals surface area contributed by atoms with Gasteiger partial charge in [-0.15, -0.1) is 0 Å². The van der Waals surface area contributed by atoms with Crippen LogP contribution in [0.5, 0.6) is 0 Å². The van der Waals surface area contributed by atoms with Gasteiger partial charge in [0.15, 0.2) is 0 Å². The Morgan fingerprint density at radius 2 is 1.48 bits per heavy atom. The predicted molar refractivity (Wildman–Crippen MR) is 118 cm³/mol. The molecule has 1 aliphatic carbocycles. The third kappa shape index (κ3) is 2.84. The average Bonchev–Trinajstić information content (AvgIpc) is 3.10. The summed E-state index contributed by atoms with van der Waals surface area (Å²) in [6.07, 6.45) is 4.92. The molecule has 31 heavy (non-hydrogen) atoms. The van der Waals surface area contributed by atoms with Gasteiger partial charge in [-0.05, 0) is 29.0 Å². The van der Waals surface area contributed by atoms with Crippen LogP contribution < -0.4 is 0 Å². The minimum atomic E-state index is -0.644. The number of likely N-dealkylation sites (N-methyl/N-ethyl adjacent to an activating group) is 2. The molecule has 4 amide bonds. The molecule has 0 saturated carbocycles. The van der Waals surface area contributed by atoms with Crippen LogP contribution in [0.2, 0.25) is 0 Å². The summed E-state index contributed by atoms with van der Waals surface area (Å²) in [5, 5.41) is 3.09. The maximum Gasteiger partial charge on any atom is 0.333 e. The number of benzene rings is 2. The highest BCUT2D eigenvalue weighted by molar-refractivity contribution is 6.28. The molecule has 1 saturated heterocycles. The van der Waals surface area contributed by atoms with Gasteiger partial charge in [0.25, 0.3) is 11.8 Å². The molecule has 0 atom stereocenters. The summed E-state index contributed by atoms with van der Waals surface area (Å²) in [6, 6.07) is 17.3. The van der Waals surface area contributed by atoms with E-state index in [-0.39, 0.29) is 5.57 Å². The Morgan fingerprint density at radius 3 is 2.23 bits per heavy atom. The Labute approximate surface area is 178 Å². The van der Waals surface area contributed by atoms with Crippen molar-refractivity contribution >= 4 is 45.7 Å². The first-order valence-corrected chi connectivity index (χ1v) is 9.79. The molecule has 2 aromatic rings. The van der Waals surface area contributed by atoms with Crippen molar-refractivity contribution in [2.24, 2.45) is 0 Å². The van der Waals surface area contributed by atoms with Crippen LogP contribution in [-0.4, -0.2) is 41.7 Å². The van der Waals surface area contributed by atoms with Gasteiger partial charge in [0.1, 0.15) is 16.9 Å². The van der Waals surface area contributed by atoms with Crippen LogP contribution in [0.25, 0.3) is 39.1 Å². The van der Waals surface area contributed by atoms with Crippen molar-refractivity contribution in [2.75, 3.05) is 14.1 Å². The summed E-state index contributed by atoms with van der Waals surface area (Å²) in [5.41, 5.74) is 2.57. The maximum atomic E-state index is 12.4. The second-order valence-corrected chi connectivity index (χ2v) is 7.44. The molecule has 0 bridgehead atoms. The molecule has 152 valence electrons. The van der Waals surface area contributed by atoms with Crippen molar-refractivity contribution < 1.29 is 18.8 Å². The lowest BCUT2D eigenvalue weighted by atomic mass is 10.1. The summed E-state index contributed by atoms with van der Waals surface area (Å²) in [7, 11) is 2.71. The zero-order chi connectivity index (χ0) is 21.7. The number of imide groups is 2. The Morgan fingerprint density at radius 1 is 0.839 bits per heavy atom. The molecule has 3 aliphatic rings. The largest absolute Gasteiger partial charge is 0.455 e. The Hall–Kier alpha value is -4.19. The van der Waals surface area contributed by atoms with Crippen LogP contribution >= 0.6 is 0 Å². The van der Waals surface area contributed by atoms with Gasteiger partial charge in [-0.3, -0.25) is 19.4 Å². The van der Waals surface area contributed by atoms with Crippen molar-refractivity contribution in [2.45, 2.75) is 0 Å². The second kappa shape index (κ2) is 6.95. The lowest BCUT2D eigenvalue weighted by molar-refractivity contribution is -0.134. The van der Waals surface area contributed by atoms with Gasteiger partial charge in [0.2, 0.25) is 0 Å². The van der Waals surface area contributed by atoms with Crippen molar-refractivity contribution in [3.63, 3.8) is 0 Å². The molecule has 2 aliphatic heterocycles. The lowest BCUT2D eigenvalue weighted by Gasteiger charge is -2.28. The molecule has 5 rings (SSSR count). The quantitative estimate of drug-likeness (QED) is 0.355. The number of rotatable bonds is 2. The number of barbiturate groups is 1. The van der Waals surface area contributed by atoms with Crippen molar-refractivity contribution in [1.29, 1.82) is 0 Å². The van der Waals surface area contributed by atoms with E-state index in [4.69, 9.17) is 4.42 Å². The molecule has 0 spiro atoms. The van der Waals surface area contributed by atoms with E-state index in [1.54, 1.807) is 6.08 Å². The van der Waals surface area contributed by atoms with E-state index in [1.165, 1.54) is 20.2 Å². The molecule has 2 heterocycles. The Kier molecular flexibility index (Phi) is 4.22. The van der Waals surface area contributed by atoms with E-state index < -0.39 is 17.8 Å². The smallest absolute Gasteiger partial charge is 0.333 e. The monoisotopic (exact) mass is 410 g/mol. The lowest BCUT2D eigenvalue weighted by Crippen LogP contribution is -2.52. The summed E-state index contributed by atoms with van der Waals surface area (Å²) >= 11 is 0. The number of carbonyl (C=O) groups excluding carboxylic acids is 3. The number of carbonyl (C=O) groups is 3. The highest BCUT2D eigenvalue weighted by Gasteiger charge is 2.37. The van der Waals surface area contributed by atoms with Crippen molar-refractivity contribution in [3.05, 3.63) is 77.9 Å². The van der Waals surface area contributed by atoms with Crippen LogP contribution in [-0.2, 0) is 9.59 Å². The molecule has 2 aromatic carbocycles. The van der Waals surface area contributed by atoms with Crippen LogP contribution in [0, 0.1) is 0 Å². The van der Waals surface area contributed by atoms with Gasteiger partial charge >= 0.3 is 6.03 Å². The Bertz CT molecular complexity index is 1400. The minimum absolute atomic E-state index is 0.0663. The summed E-state index contributed by atoms with van der Waals surface area (Å²) in [5.74, 6) is -0.503. The van der Waals surface area contributed by atoms with Gasteiger partial charge in [-0.25, -0.2) is 4.79 Å². The minimum Gasteiger partial charge on any atom is -0.455 e. The Balaban J connectivity index is 1.65. The van der Waals surface area contributed by atoms with E-state index in [9.17, 15) is 14.4 Å². The fourth-order valence-electron chi connectivity index (χ4n) is 3.95. The third-order valence-corrected chi connectivity index (χ3v) is 5.60. The number of amides is 4. The zero-order valence-corrected chi connectivity index (χ0v) is 17.0. The number of para-hydroxylation sites is 1. The highest BCUT2D eigenvalue weighted by atomic mass is 16.3. The number of urea groups is 1. The van der Waals surface area contributed by atoms with Crippen LogP contribution in [0.15, 0.2) is 76.7 Å². The summed E-state index contributed by atoms with van der Waals surface area (Å²) < 4.78 is 6.23. The topological polar surface area (TPSA) is 70.8 Å². The van der Waals surface area contributed by atoms with Crippen LogP contribution in [0.3, 0.4) is 0 Å². The molecular formula is C25H18N2O4. The standard InChI is InChI=1S/C25H18N2O4/c1-26-23(28)19(24(29)27(2)25(26)30)12-7-11-18-16-9-4-5-10-17(16)20-14-15-8-3-6-13-21(15)31-22(18)20/h3-14H,1-2H3. The molecule has 0 unspecified atom stereocenters. The first-order chi connectivity index (χ1) is 15.0. The summed E-state index contributed by atoms with van der Waals surface area (Å²) in [6.45, 7) is 0. The molecular weight excluding hydrogens is 392 g/mol. The number of allylic oxidation sites excluding steroid dienone is 2. The van der Waals surface area contributed by atoms with Gasteiger partial charge in [-0.2, -0.15) is 0 Å². The van der Waals surface area contributed by atoms with Gasteiger partial charge in [0.05, 0.1) is 0 Å². The number of hydrogen-bond donors (Lipinski definition) is 0. The van der Waals surface area contributed by atoms with Gasteiger partial charge in [0, 0.05) is 30.6 Å². The van der Waals surface area contributed by atoms with E-state index in [2.05, 4.69) is 6.07 Å².